The molecule has 2 rings (SSSR count). The van der Waals surface area contributed by atoms with Crippen LogP contribution < -0.4 is 4.74 Å². The summed E-state index contributed by atoms with van der Waals surface area (Å²) in [5.74, 6) is -0.178. The molecule has 0 aliphatic rings. The Morgan fingerprint density at radius 3 is 2.67 bits per heavy atom. The molecule has 6 heteroatoms. The van der Waals surface area contributed by atoms with Crippen molar-refractivity contribution in [3.63, 3.8) is 0 Å². The summed E-state index contributed by atoms with van der Waals surface area (Å²) in [6.45, 7) is -2.91. The maximum absolute atomic E-state index is 11.9. The third-order valence-corrected chi connectivity index (χ3v) is 2.15. The molecule has 0 amide bonds. The van der Waals surface area contributed by atoms with Crippen molar-refractivity contribution in [1.82, 2.24) is 9.97 Å². The quantitative estimate of drug-likeness (QED) is 0.836. The third-order valence-electron chi connectivity index (χ3n) is 2.15. The van der Waals surface area contributed by atoms with Gasteiger partial charge in [-0.2, -0.15) is 14.0 Å². The van der Waals surface area contributed by atoms with Crippen molar-refractivity contribution >= 4 is 0 Å². The number of nitrogens with zero attached hydrogens (tertiary/aromatic N) is 3. The van der Waals surface area contributed by atoms with E-state index in [2.05, 4.69) is 14.7 Å². The van der Waals surface area contributed by atoms with Crippen molar-refractivity contribution in [1.29, 1.82) is 5.26 Å². The fourth-order valence-corrected chi connectivity index (χ4v) is 1.41. The van der Waals surface area contributed by atoms with Crippen LogP contribution in [0.2, 0.25) is 0 Å². The average molecular weight is 247 g/mol. The maximum atomic E-state index is 11.9. The van der Waals surface area contributed by atoms with E-state index in [-0.39, 0.29) is 5.88 Å². The number of alkyl halides is 2. The number of aromatic nitrogens is 2. The molecule has 0 spiro atoms. The monoisotopic (exact) mass is 247 g/mol. The highest BCUT2D eigenvalue weighted by Gasteiger charge is 2.08. The second-order valence-corrected chi connectivity index (χ2v) is 3.27. The average Bonchev–Trinajstić information content (AvgIpc) is 2.39. The Balaban J connectivity index is 2.32. The van der Waals surface area contributed by atoms with Crippen molar-refractivity contribution in [3.8, 4) is 23.2 Å². The van der Waals surface area contributed by atoms with Crippen LogP contribution in [0.1, 0.15) is 5.56 Å². The number of halogens is 2. The van der Waals surface area contributed by atoms with E-state index in [0.717, 1.165) is 0 Å². The van der Waals surface area contributed by atoms with Gasteiger partial charge in [-0.05, 0) is 18.2 Å². The van der Waals surface area contributed by atoms with Gasteiger partial charge in [-0.1, -0.05) is 0 Å². The zero-order valence-electron chi connectivity index (χ0n) is 9.05. The van der Waals surface area contributed by atoms with Gasteiger partial charge < -0.3 is 4.74 Å². The Labute approximate surface area is 101 Å². The van der Waals surface area contributed by atoms with Gasteiger partial charge in [-0.15, -0.1) is 0 Å². The highest BCUT2D eigenvalue weighted by molar-refractivity contribution is 5.65. The number of hydrogen-bond donors (Lipinski definition) is 0. The van der Waals surface area contributed by atoms with Crippen LogP contribution >= 0.6 is 0 Å². The van der Waals surface area contributed by atoms with Crippen LogP contribution in [0.5, 0.6) is 5.88 Å². The van der Waals surface area contributed by atoms with Crippen molar-refractivity contribution in [3.05, 3.63) is 42.2 Å². The first-order valence-corrected chi connectivity index (χ1v) is 4.97. The summed E-state index contributed by atoms with van der Waals surface area (Å²) < 4.78 is 28.0. The van der Waals surface area contributed by atoms with Crippen LogP contribution in [0.4, 0.5) is 8.78 Å². The minimum Gasteiger partial charge on any atom is -0.417 e. The summed E-state index contributed by atoms with van der Waals surface area (Å²) in [4.78, 5) is 7.78. The van der Waals surface area contributed by atoms with E-state index in [4.69, 9.17) is 5.26 Å². The number of ether oxygens (including phenoxy) is 1. The van der Waals surface area contributed by atoms with Crippen molar-refractivity contribution < 1.29 is 13.5 Å². The lowest BCUT2D eigenvalue weighted by Gasteiger charge is -2.05. The third kappa shape index (κ3) is 2.58. The first-order valence-electron chi connectivity index (χ1n) is 4.97. The topological polar surface area (TPSA) is 58.8 Å². The van der Waals surface area contributed by atoms with Gasteiger partial charge in [0.15, 0.2) is 0 Å². The molecule has 2 heterocycles. The molecular weight excluding hydrogens is 240 g/mol. The van der Waals surface area contributed by atoms with E-state index in [1.54, 1.807) is 18.3 Å². The van der Waals surface area contributed by atoms with Crippen LogP contribution in [0.25, 0.3) is 11.3 Å². The van der Waals surface area contributed by atoms with Gasteiger partial charge in [0.1, 0.15) is 6.07 Å². The Kier molecular flexibility index (Phi) is 3.44. The normalized spacial score (nSPS) is 10.1. The second kappa shape index (κ2) is 5.19. The number of rotatable bonds is 3. The number of hydrogen-bond acceptors (Lipinski definition) is 4. The van der Waals surface area contributed by atoms with E-state index in [1.165, 1.54) is 18.3 Å². The molecule has 0 bridgehead atoms. The predicted octanol–water partition coefficient (Wildman–Crippen LogP) is 2.62. The molecule has 2 aromatic heterocycles. The molecule has 0 atom stereocenters. The van der Waals surface area contributed by atoms with Crippen LogP contribution in [-0.2, 0) is 0 Å². The summed E-state index contributed by atoms with van der Waals surface area (Å²) in [6, 6.07) is 8.08. The maximum Gasteiger partial charge on any atom is 0.388 e. The van der Waals surface area contributed by atoms with Gasteiger partial charge in [-0.3, -0.25) is 4.98 Å². The van der Waals surface area contributed by atoms with Gasteiger partial charge in [0.2, 0.25) is 5.88 Å². The zero-order chi connectivity index (χ0) is 13.0. The summed E-state index contributed by atoms with van der Waals surface area (Å²) in [5.41, 5.74) is 1.41. The molecule has 90 valence electrons. The van der Waals surface area contributed by atoms with E-state index in [1.807, 2.05) is 6.07 Å². The minimum absolute atomic E-state index is 0.178. The summed E-state index contributed by atoms with van der Waals surface area (Å²) in [6.07, 6.45) is 2.88. The van der Waals surface area contributed by atoms with Crippen molar-refractivity contribution in [2.75, 3.05) is 0 Å². The van der Waals surface area contributed by atoms with Gasteiger partial charge in [0.05, 0.1) is 11.3 Å². The molecular formula is C12H7F2N3O. The van der Waals surface area contributed by atoms with Crippen LogP contribution in [0.15, 0.2) is 36.7 Å². The van der Waals surface area contributed by atoms with Crippen molar-refractivity contribution in [2.45, 2.75) is 6.61 Å². The molecule has 4 nitrogen and oxygen atoms in total. The molecule has 2 aromatic rings. The second-order valence-electron chi connectivity index (χ2n) is 3.27. The smallest absolute Gasteiger partial charge is 0.388 e. The molecule has 0 saturated heterocycles. The highest BCUT2D eigenvalue weighted by atomic mass is 19.3. The molecule has 0 fully saturated rings. The van der Waals surface area contributed by atoms with Gasteiger partial charge >= 0.3 is 6.61 Å². The lowest BCUT2D eigenvalue weighted by atomic mass is 10.1. The molecule has 0 aliphatic heterocycles. The van der Waals surface area contributed by atoms with Gasteiger partial charge in [-0.25, -0.2) is 4.98 Å². The Morgan fingerprint density at radius 2 is 2.06 bits per heavy atom. The molecule has 0 N–H and O–H groups in total. The highest BCUT2D eigenvalue weighted by Crippen LogP contribution is 2.21. The first-order chi connectivity index (χ1) is 8.70. The Morgan fingerprint density at radius 1 is 1.22 bits per heavy atom. The lowest BCUT2D eigenvalue weighted by molar-refractivity contribution is -0.0528. The Hall–Kier alpha value is -2.55. The number of pyridine rings is 2. The minimum atomic E-state index is -2.91. The summed E-state index contributed by atoms with van der Waals surface area (Å²) in [5, 5.41) is 8.92. The molecule has 18 heavy (non-hydrogen) atoms. The van der Waals surface area contributed by atoms with E-state index in [0.29, 0.717) is 16.8 Å². The van der Waals surface area contributed by atoms with E-state index in [9.17, 15) is 8.78 Å². The number of nitriles is 1. The standard InChI is InChI=1S/C12H7F2N3O/c13-12(14)18-10-4-3-9(7-17-10)11-8(6-15)2-1-5-16-11/h1-5,7,12H. The molecule has 0 unspecified atom stereocenters. The van der Waals surface area contributed by atoms with Gasteiger partial charge in [0.25, 0.3) is 0 Å². The largest absolute Gasteiger partial charge is 0.417 e. The van der Waals surface area contributed by atoms with Crippen molar-refractivity contribution in [2.24, 2.45) is 0 Å². The first kappa shape index (κ1) is 11.9. The van der Waals surface area contributed by atoms with E-state index >= 15 is 0 Å². The fraction of sp³-hybridized carbons (Fsp3) is 0.0833. The molecule has 0 radical (unpaired) electrons. The molecule has 0 saturated carbocycles. The Bertz CT molecular complexity index is 579. The molecule has 0 aromatic carbocycles. The zero-order valence-corrected chi connectivity index (χ0v) is 9.05. The SMILES string of the molecule is N#Cc1cccnc1-c1ccc(OC(F)F)nc1. The van der Waals surface area contributed by atoms with Crippen LogP contribution in [0, 0.1) is 11.3 Å². The lowest BCUT2D eigenvalue weighted by Crippen LogP contribution is -2.03. The van der Waals surface area contributed by atoms with E-state index < -0.39 is 6.61 Å². The fourth-order valence-electron chi connectivity index (χ4n) is 1.41. The van der Waals surface area contributed by atoms with Crippen LogP contribution in [0.3, 0.4) is 0 Å². The molecule has 0 aliphatic carbocycles. The van der Waals surface area contributed by atoms with Gasteiger partial charge in [0, 0.05) is 24.0 Å². The predicted molar refractivity (Wildman–Crippen MR) is 58.8 cm³/mol. The summed E-state index contributed by atoms with van der Waals surface area (Å²) >= 11 is 0. The van der Waals surface area contributed by atoms with Crippen LogP contribution in [-0.4, -0.2) is 16.6 Å². The summed E-state index contributed by atoms with van der Waals surface area (Å²) in [7, 11) is 0.